The van der Waals surface area contributed by atoms with E-state index in [9.17, 15) is 18.4 Å². The lowest BCUT2D eigenvalue weighted by Crippen LogP contribution is -2.54. The third-order valence-corrected chi connectivity index (χ3v) is 4.79. The summed E-state index contributed by atoms with van der Waals surface area (Å²) in [5.74, 6) is -2.33. The Morgan fingerprint density at radius 2 is 2.00 bits per heavy atom. The zero-order chi connectivity index (χ0) is 18.1. The molecule has 2 amide bonds. The minimum absolute atomic E-state index is 0.0268. The van der Waals surface area contributed by atoms with Crippen molar-refractivity contribution in [2.24, 2.45) is 5.92 Å². The van der Waals surface area contributed by atoms with Gasteiger partial charge in [-0.1, -0.05) is 0 Å². The van der Waals surface area contributed by atoms with Crippen LogP contribution in [0.25, 0.3) is 0 Å². The molecule has 0 spiro atoms. The summed E-state index contributed by atoms with van der Waals surface area (Å²) in [6.07, 6.45) is 0.667. The minimum atomic E-state index is -1.29. The van der Waals surface area contributed by atoms with E-state index in [-0.39, 0.29) is 30.2 Å². The molecule has 2 unspecified atom stereocenters. The SMILES string of the molecule is COc1cc(F)c(C2CC(=O)N(CC3CC3)CC2NC(=O)O)c(F)c1. The van der Waals surface area contributed by atoms with Crippen molar-refractivity contribution in [2.45, 2.75) is 31.2 Å². The number of ether oxygens (including phenoxy) is 1. The smallest absolute Gasteiger partial charge is 0.404 e. The first-order chi connectivity index (χ1) is 11.9. The minimum Gasteiger partial charge on any atom is -0.497 e. The third kappa shape index (κ3) is 3.83. The maximum Gasteiger partial charge on any atom is 0.404 e. The highest BCUT2D eigenvalue weighted by Crippen LogP contribution is 2.37. The predicted octanol–water partition coefficient (Wildman–Crippen LogP) is 2.34. The predicted molar refractivity (Wildman–Crippen MR) is 84.5 cm³/mol. The van der Waals surface area contributed by atoms with Crippen LogP contribution in [0.15, 0.2) is 12.1 Å². The van der Waals surface area contributed by atoms with Crippen LogP contribution >= 0.6 is 0 Å². The fraction of sp³-hybridized carbons (Fsp3) is 0.529. The van der Waals surface area contributed by atoms with Crippen molar-refractivity contribution in [2.75, 3.05) is 20.2 Å². The first-order valence-electron chi connectivity index (χ1n) is 8.19. The van der Waals surface area contributed by atoms with Gasteiger partial charge in [0.15, 0.2) is 0 Å². The number of halogens is 2. The Morgan fingerprint density at radius 1 is 1.36 bits per heavy atom. The number of amides is 2. The number of hydrogen-bond acceptors (Lipinski definition) is 3. The zero-order valence-electron chi connectivity index (χ0n) is 13.8. The van der Waals surface area contributed by atoms with Crippen LogP contribution in [-0.2, 0) is 4.79 Å². The molecule has 8 heteroatoms. The number of carbonyl (C=O) groups excluding carboxylic acids is 1. The molecular weight excluding hydrogens is 334 g/mol. The summed E-state index contributed by atoms with van der Waals surface area (Å²) in [6, 6.07) is 1.31. The van der Waals surface area contributed by atoms with E-state index in [4.69, 9.17) is 9.84 Å². The first-order valence-corrected chi connectivity index (χ1v) is 8.19. The second kappa shape index (κ2) is 6.85. The van der Waals surface area contributed by atoms with Crippen molar-refractivity contribution in [3.63, 3.8) is 0 Å². The number of carbonyl (C=O) groups is 2. The number of nitrogens with zero attached hydrogens (tertiary/aromatic N) is 1. The molecule has 1 saturated carbocycles. The molecule has 1 aliphatic carbocycles. The summed E-state index contributed by atoms with van der Waals surface area (Å²) in [6.45, 7) is 0.675. The van der Waals surface area contributed by atoms with Crippen molar-refractivity contribution < 1.29 is 28.2 Å². The van der Waals surface area contributed by atoms with E-state index in [1.165, 1.54) is 7.11 Å². The van der Waals surface area contributed by atoms with Crippen LogP contribution in [0.5, 0.6) is 5.75 Å². The fourth-order valence-corrected chi connectivity index (χ4v) is 3.36. The molecule has 3 rings (SSSR count). The molecule has 1 heterocycles. The van der Waals surface area contributed by atoms with Crippen molar-refractivity contribution in [3.05, 3.63) is 29.3 Å². The van der Waals surface area contributed by atoms with E-state index in [1.54, 1.807) is 4.90 Å². The van der Waals surface area contributed by atoms with E-state index in [1.807, 2.05) is 0 Å². The van der Waals surface area contributed by atoms with Gasteiger partial charge >= 0.3 is 6.09 Å². The number of likely N-dealkylation sites (tertiary alicyclic amines) is 1. The van der Waals surface area contributed by atoms with Crippen LogP contribution in [-0.4, -0.2) is 48.2 Å². The largest absolute Gasteiger partial charge is 0.497 e. The summed E-state index contributed by atoms with van der Waals surface area (Å²) < 4.78 is 33.7. The van der Waals surface area contributed by atoms with Crippen molar-refractivity contribution >= 4 is 12.0 Å². The highest BCUT2D eigenvalue weighted by atomic mass is 19.1. The lowest BCUT2D eigenvalue weighted by molar-refractivity contribution is -0.135. The molecule has 0 radical (unpaired) electrons. The molecule has 1 aromatic carbocycles. The number of nitrogens with one attached hydrogen (secondary N) is 1. The van der Waals surface area contributed by atoms with Gasteiger partial charge in [-0.15, -0.1) is 0 Å². The molecule has 0 aromatic heterocycles. The second-order valence-electron chi connectivity index (χ2n) is 6.61. The van der Waals surface area contributed by atoms with Crippen LogP contribution in [0.1, 0.15) is 30.7 Å². The molecule has 25 heavy (non-hydrogen) atoms. The number of rotatable bonds is 5. The Hall–Kier alpha value is -2.38. The van der Waals surface area contributed by atoms with Gasteiger partial charge in [0.05, 0.1) is 13.2 Å². The molecule has 2 N–H and O–H groups in total. The Bertz CT molecular complexity index is 670. The average molecular weight is 354 g/mol. The maximum atomic E-state index is 14.4. The molecule has 0 bridgehead atoms. The van der Waals surface area contributed by atoms with Crippen LogP contribution in [0.3, 0.4) is 0 Å². The van der Waals surface area contributed by atoms with Crippen molar-refractivity contribution in [3.8, 4) is 5.75 Å². The fourth-order valence-electron chi connectivity index (χ4n) is 3.36. The van der Waals surface area contributed by atoms with E-state index < -0.39 is 29.7 Å². The van der Waals surface area contributed by atoms with E-state index in [0.29, 0.717) is 12.5 Å². The van der Waals surface area contributed by atoms with Gasteiger partial charge in [0, 0.05) is 43.1 Å². The molecule has 1 saturated heterocycles. The summed E-state index contributed by atoms with van der Waals surface area (Å²) in [4.78, 5) is 25.1. The lowest BCUT2D eigenvalue weighted by atomic mass is 9.84. The highest BCUT2D eigenvalue weighted by molar-refractivity contribution is 5.79. The van der Waals surface area contributed by atoms with Gasteiger partial charge in [0.2, 0.25) is 5.91 Å². The monoisotopic (exact) mass is 354 g/mol. The summed E-state index contributed by atoms with van der Waals surface area (Å²) in [5, 5.41) is 11.4. The summed E-state index contributed by atoms with van der Waals surface area (Å²) >= 11 is 0. The van der Waals surface area contributed by atoms with Gasteiger partial charge in [0.25, 0.3) is 0 Å². The molecular formula is C17H20F2N2O4. The van der Waals surface area contributed by atoms with Gasteiger partial charge < -0.3 is 20.1 Å². The molecule has 136 valence electrons. The summed E-state index contributed by atoms with van der Waals surface area (Å²) in [7, 11) is 1.29. The maximum absolute atomic E-state index is 14.4. The average Bonchev–Trinajstić information content (AvgIpc) is 3.34. The molecule has 1 aliphatic heterocycles. The molecule has 6 nitrogen and oxygen atoms in total. The van der Waals surface area contributed by atoms with Gasteiger partial charge in [-0.05, 0) is 18.8 Å². The van der Waals surface area contributed by atoms with Crippen LogP contribution in [0.2, 0.25) is 0 Å². The highest BCUT2D eigenvalue weighted by Gasteiger charge is 2.40. The number of carboxylic acid groups (broad SMARTS) is 1. The van der Waals surface area contributed by atoms with Crippen molar-refractivity contribution in [1.82, 2.24) is 10.2 Å². The standard InChI is InChI=1S/C17H20F2N2O4/c1-25-10-4-12(18)16(13(19)5-10)11-6-15(22)21(7-9-2-3-9)8-14(11)20-17(23)24/h4-5,9,11,14,20H,2-3,6-8H2,1H3,(H,23,24). The Balaban J connectivity index is 1.89. The first kappa shape index (κ1) is 17.4. The van der Waals surface area contributed by atoms with Crippen molar-refractivity contribution in [1.29, 1.82) is 0 Å². The van der Waals surface area contributed by atoms with Crippen LogP contribution in [0.4, 0.5) is 13.6 Å². The van der Waals surface area contributed by atoms with Gasteiger partial charge in [-0.2, -0.15) is 0 Å². The lowest BCUT2D eigenvalue weighted by Gasteiger charge is -2.38. The molecule has 2 aliphatic rings. The van der Waals surface area contributed by atoms with Gasteiger partial charge in [-0.25, -0.2) is 13.6 Å². The quantitative estimate of drug-likeness (QED) is 0.851. The van der Waals surface area contributed by atoms with Crippen LogP contribution < -0.4 is 10.1 Å². The van der Waals surface area contributed by atoms with E-state index >= 15 is 0 Å². The summed E-state index contributed by atoms with van der Waals surface area (Å²) in [5.41, 5.74) is -0.279. The topological polar surface area (TPSA) is 78.9 Å². The Labute approximate surface area is 143 Å². The number of piperidine rings is 1. The Morgan fingerprint density at radius 3 is 2.52 bits per heavy atom. The molecule has 1 aromatic rings. The number of methoxy groups -OCH3 is 1. The third-order valence-electron chi connectivity index (χ3n) is 4.79. The zero-order valence-corrected chi connectivity index (χ0v) is 13.8. The number of hydrogen-bond donors (Lipinski definition) is 2. The van der Waals surface area contributed by atoms with E-state index in [0.717, 1.165) is 25.0 Å². The molecule has 2 atom stereocenters. The van der Waals surface area contributed by atoms with E-state index in [2.05, 4.69) is 5.32 Å². The molecule has 2 fully saturated rings. The van der Waals surface area contributed by atoms with Crippen LogP contribution in [0, 0.1) is 17.6 Å². The number of benzene rings is 1. The Kier molecular flexibility index (Phi) is 4.78. The van der Waals surface area contributed by atoms with Gasteiger partial charge in [0.1, 0.15) is 17.4 Å². The normalized spacial score (nSPS) is 23.5. The van der Waals surface area contributed by atoms with Gasteiger partial charge in [-0.3, -0.25) is 4.79 Å². The second-order valence-corrected chi connectivity index (χ2v) is 6.61.